The average molecular weight is 482 g/mol. The molecule has 0 radical (unpaired) electrons. The van der Waals surface area contributed by atoms with Crippen LogP contribution < -0.4 is 10.6 Å². The molecule has 2 aromatic carbocycles. The fourth-order valence-electron chi connectivity index (χ4n) is 3.95. The summed E-state index contributed by atoms with van der Waals surface area (Å²) in [5.74, 6) is -0.725. The molecule has 0 saturated heterocycles. The first-order chi connectivity index (χ1) is 16.1. The minimum Gasteiger partial charge on any atom is -0.444 e. The van der Waals surface area contributed by atoms with Crippen LogP contribution in [0.4, 0.5) is 10.5 Å². The van der Waals surface area contributed by atoms with Crippen molar-refractivity contribution in [3.8, 4) is 0 Å². The highest BCUT2D eigenvalue weighted by atomic mass is 16.6. The number of amides is 3. The van der Waals surface area contributed by atoms with Crippen LogP contribution in [0.25, 0.3) is 0 Å². The number of nitrogens with one attached hydrogen (secondary N) is 2. The van der Waals surface area contributed by atoms with E-state index in [0.717, 1.165) is 16.7 Å². The molecule has 0 fully saturated rings. The number of rotatable bonds is 6. The Morgan fingerprint density at radius 3 is 2.00 bits per heavy atom. The van der Waals surface area contributed by atoms with E-state index in [1.54, 1.807) is 20.8 Å². The first-order valence-electron chi connectivity index (χ1n) is 11.8. The Bertz CT molecular complexity index is 1060. The van der Waals surface area contributed by atoms with Crippen LogP contribution in [0.5, 0.6) is 0 Å². The molecule has 7 heteroatoms. The fourth-order valence-corrected chi connectivity index (χ4v) is 3.95. The van der Waals surface area contributed by atoms with Crippen LogP contribution in [0.15, 0.2) is 42.5 Å². The molecule has 2 N–H and O–H groups in total. The number of nitrogens with zero attached hydrogens (tertiary/aromatic N) is 1. The van der Waals surface area contributed by atoms with Crippen LogP contribution in [0, 0.1) is 20.8 Å². The highest BCUT2D eigenvalue weighted by Gasteiger charge is 2.39. The molecule has 0 aromatic heterocycles. The van der Waals surface area contributed by atoms with Crippen molar-refractivity contribution in [2.75, 3.05) is 11.9 Å². The van der Waals surface area contributed by atoms with Crippen LogP contribution >= 0.6 is 0 Å². The van der Waals surface area contributed by atoms with Crippen LogP contribution in [-0.4, -0.2) is 40.5 Å². The standard InChI is InChI=1S/C28H39N3O4/c1-18-14-19(2)16-21(15-18)24(25(33)30-22-13-11-10-12-20(22)3)31(27(4,5)6)23(32)17-29-26(34)35-28(7,8)9/h10-16,24H,17H2,1-9H3,(H,29,34)(H,30,33). The molecule has 7 nitrogen and oxygen atoms in total. The van der Waals surface area contributed by atoms with Crippen LogP contribution in [0.3, 0.4) is 0 Å². The highest BCUT2D eigenvalue weighted by Crippen LogP contribution is 2.31. The van der Waals surface area contributed by atoms with E-state index in [1.165, 1.54) is 4.90 Å². The van der Waals surface area contributed by atoms with Gasteiger partial charge in [0.15, 0.2) is 0 Å². The lowest BCUT2D eigenvalue weighted by atomic mass is 9.94. The maximum atomic E-state index is 13.8. The third-order valence-electron chi connectivity index (χ3n) is 5.24. The summed E-state index contributed by atoms with van der Waals surface area (Å²) in [6.45, 7) is 16.4. The molecule has 35 heavy (non-hydrogen) atoms. The molecule has 0 aliphatic rings. The van der Waals surface area contributed by atoms with Gasteiger partial charge in [-0.2, -0.15) is 0 Å². The predicted octanol–water partition coefficient (Wildman–Crippen LogP) is 5.44. The highest BCUT2D eigenvalue weighted by molar-refractivity contribution is 5.99. The Morgan fingerprint density at radius 1 is 0.914 bits per heavy atom. The molecule has 0 bridgehead atoms. The van der Waals surface area contributed by atoms with Crippen molar-refractivity contribution < 1.29 is 19.1 Å². The lowest BCUT2D eigenvalue weighted by molar-refractivity contribution is -0.144. The summed E-state index contributed by atoms with van der Waals surface area (Å²) in [6.07, 6.45) is -0.688. The normalized spacial score (nSPS) is 12.5. The molecule has 0 aliphatic carbocycles. The maximum Gasteiger partial charge on any atom is 0.408 e. The number of alkyl carbamates (subject to hydrolysis) is 1. The lowest BCUT2D eigenvalue weighted by Gasteiger charge is -2.41. The van der Waals surface area contributed by atoms with Gasteiger partial charge in [-0.1, -0.05) is 47.5 Å². The molecule has 2 aromatic rings. The summed E-state index contributed by atoms with van der Waals surface area (Å²) in [6, 6.07) is 12.4. The lowest BCUT2D eigenvalue weighted by Crippen LogP contribution is -2.54. The van der Waals surface area contributed by atoms with Crippen LogP contribution in [0.1, 0.15) is 69.8 Å². The van der Waals surface area contributed by atoms with E-state index < -0.39 is 29.2 Å². The van der Waals surface area contributed by atoms with Gasteiger partial charge in [0.2, 0.25) is 5.91 Å². The van der Waals surface area contributed by atoms with Crippen molar-refractivity contribution in [3.05, 3.63) is 64.7 Å². The predicted molar refractivity (Wildman–Crippen MR) is 139 cm³/mol. The van der Waals surface area contributed by atoms with E-state index >= 15 is 0 Å². The van der Waals surface area contributed by atoms with E-state index in [9.17, 15) is 14.4 Å². The summed E-state index contributed by atoms with van der Waals surface area (Å²) in [4.78, 5) is 41.1. The van der Waals surface area contributed by atoms with Gasteiger partial charge in [0.1, 0.15) is 18.2 Å². The van der Waals surface area contributed by atoms with Gasteiger partial charge < -0.3 is 20.3 Å². The zero-order chi connectivity index (χ0) is 26.6. The smallest absolute Gasteiger partial charge is 0.408 e. The van der Waals surface area contributed by atoms with Crippen molar-refractivity contribution in [1.82, 2.24) is 10.2 Å². The SMILES string of the molecule is Cc1cc(C)cc(C(C(=O)Nc2ccccc2C)N(C(=O)CNC(=O)OC(C)(C)C)C(C)(C)C)c1. The van der Waals surface area contributed by atoms with Crippen LogP contribution in [0.2, 0.25) is 0 Å². The van der Waals surface area contributed by atoms with Crippen molar-refractivity contribution in [2.24, 2.45) is 0 Å². The Hall–Kier alpha value is -3.35. The molecule has 190 valence electrons. The molecular weight excluding hydrogens is 442 g/mol. The number of para-hydroxylation sites is 1. The summed E-state index contributed by atoms with van der Waals surface area (Å²) in [5.41, 5.74) is 2.86. The Balaban J connectivity index is 2.48. The maximum absolute atomic E-state index is 13.8. The zero-order valence-electron chi connectivity index (χ0n) is 22.4. The van der Waals surface area contributed by atoms with Gasteiger partial charge in [-0.25, -0.2) is 4.79 Å². The number of hydrogen-bond donors (Lipinski definition) is 2. The molecule has 0 heterocycles. The van der Waals surface area contributed by atoms with Gasteiger partial charge in [0, 0.05) is 11.2 Å². The third-order valence-corrected chi connectivity index (χ3v) is 5.24. The Kier molecular flexibility index (Phi) is 8.71. The van der Waals surface area contributed by atoms with Gasteiger partial charge >= 0.3 is 6.09 Å². The largest absolute Gasteiger partial charge is 0.444 e. The summed E-state index contributed by atoms with van der Waals surface area (Å²) < 4.78 is 5.27. The molecule has 0 spiro atoms. The monoisotopic (exact) mass is 481 g/mol. The van der Waals surface area contributed by atoms with Gasteiger partial charge in [-0.15, -0.1) is 0 Å². The van der Waals surface area contributed by atoms with Crippen molar-refractivity contribution >= 4 is 23.6 Å². The molecule has 0 saturated carbocycles. The minimum atomic E-state index is -0.916. The van der Waals surface area contributed by atoms with E-state index in [-0.39, 0.29) is 12.5 Å². The van der Waals surface area contributed by atoms with Crippen molar-refractivity contribution in [1.29, 1.82) is 0 Å². The second-order valence-electron chi connectivity index (χ2n) is 10.9. The molecule has 0 aliphatic heterocycles. The number of aryl methyl sites for hydroxylation is 3. The second kappa shape index (κ2) is 10.9. The number of anilines is 1. The number of hydrogen-bond acceptors (Lipinski definition) is 4. The second-order valence-corrected chi connectivity index (χ2v) is 10.9. The summed E-state index contributed by atoms with van der Waals surface area (Å²) in [5, 5.41) is 5.54. The molecule has 2 rings (SSSR count). The quantitative estimate of drug-likeness (QED) is 0.575. The first-order valence-corrected chi connectivity index (χ1v) is 11.8. The average Bonchev–Trinajstić information content (AvgIpc) is 2.68. The fraction of sp³-hybridized carbons (Fsp3) is 0.464. The number of benzene rings is 2. The topological polar surface area (TPSA) is 87.7 Å². The number of carbonyl (C=O) groups is 3. The molecule has 3 amide bonds. The first kappa shape index (κ1) is 27.9. The van der Waals surface area contributed by atoms with E-state index in [2.05, 4.69) is 10.6 Å². The number of carbonyl (C=O) groups excluding carboxylic acids is 3. The van der Waals surface area contributed by atoms with E-state index in [4.69, 9.17) is 4.74 Å². The van der Waals surface area contributed by atoms with Crippen molar-refractivity contribution in [3.63, 3.8) is 0 Å². The number of ether oxygens (including phenoxy) is 1. The van der Waals surface area contributed by atoms with Gasteiger partial charge in [0.05, 0.1) is 0 Å². The third kappa shape index (κ3) is 8.12. The zero-order valence-corrected chi connectivity index (χ0v) is 22.4. The minimum absolute atomic E-state index is 0.300. The van der Waals surface area contributed by atoms with E-state index in [0.29, 0.717) is 11.3 Å². The summed E-state index contributed by atoms with van der Waals surface area (Å²) in [7, 11) is 0. The van der Waals surface area contributed by atoms with Crippen molar-refractivity contribution in [2.45, 2.75) is 79.5 Å². The van der Waals surface area contributed by atoms with Crippen LogP contribution in [-0.2, 0) is 14.3 Å². The van der Waals surface area contributed by atoms with Gasteiger partial charge in [0.25, 0.3) is 5.91 Å². The van der Waals surface area contributed by atoms with Gasteiger partial charge in [-0.3, -0.25) is 9.59 Å². The molecule has 1 atom stereocenters. The molecular formula is C28H39N3O4. The van der Waals surface area contributed by atoms with E-state index in [1.807, 2.05) is 84.0 Å². The molecule has 1 unspecified atom stereocenters. The summed E-state index contributed by atoms with van der Waals surface area (Å²) >= 11 is 0. The Labute approximate surface area is 209 Å². The van der Waals surface area contributed by atoms with Gasteiger partial charge in [-0.05, 0) is 79.5 Å². The Morgan fingerprint density at radius 2 is 1.49 bits per heavy atom.